The second-order valence-electron chi connectivity index (χ2n) is 6.91. The predicted octanol–water partition coefficient (Wildman–Crippen LogP) is 2.40. The van der Waals surface area contributed by atoms with Crippen molar-refractivity contribution in [2.75, 3.05) is 50.1 Å². The van der Waals surface area contributed by atoms with E-state index in [1.807, 2.05) is 30.6 Å². The summed E-state index contributed by atoms with van der Waals surface area (Å²) in [5, 5.41) is 3.23. The van der Waals surface area contributed by atoms with Crippen molar-refractivity contribution < 1.29 is 0 Å². The van der Waals surface area contributed by atoms with Crippen LogP contribution >= 0.6 is 11.3 Å². The summed E-state index contributed by atoms with van der Waals surface area (Å²) < 4.78 is 0. The van der Waals surface area contributed by atoms with Crippen molar-refractivity contribution in [1.82, 2.24) is 24.8 Å². The Morgan fingerprint density at radius 1 is 1.04 bits per heavy atom. The normalized spacial score (nSPS) is 17.1. The third-order valence-corrected chi connectivity index (χ3v) is 5.44. The molecule has 7 nitrogen and oxygen atoms in total. The van der Waals surface area contributed by atoms with E-state index >= 15 is 0 Å². The SMILES string of the molecule is CC(C)c1nc(N(C)C)nc(N2CCN(C(C)c3nccs3)CC2)n1. The van der Waals surface area contributed by atoms with E-state index in [1.165, 1.54) is 5.01 Å². The molecule has 1 fully saturated rings. The molecule has 0 aromatic carbocycles. The molecule has 3 heterocycles. The highest BCUT2D eigenvalue weighted by Gasteiger charge is 2.25. The number of aromatic nitrogens is 4. The van der Waals surface area contributed by atoms with Gasteiger partial charge in [0.05, 0.1) is 6.04 Å². The molecule has 0 amide bonds. The molecule has 25 heavy (non-hydrogen) atoms. The van der Waals surface area contributed by atoms with E-state index < -0.39 is 0 Å². The van der Waals surface area contributed by atoms with Gasteiger partial charge in [-0.15, -0.1) is 11.3 Å². The maximum atomic E-state index is 4.71. The minimum Gasteiger partial charge on any atom is -0.347 e. The van der Waals surface area contributed by atoms with Crippen LogP contribution in [0.3, 0.4) is 0 Å². The summed E-state index contributed by atoms with van der Waals surface area (Å²) >= 11 is 1.73. The van der Waals surface area contributed by atoms with Crippen molar-refractivity contribution in [2.24, 2.45) is 0 Å². The largest absolute Gasteiger partial charge is 0.347 e. The van der Waals surface area contributed by atoms with Gasteiger partial charge in [-0.3, -0.25) is 4.90 Å². The topological polar surface area (TPSA) is 61.3 Å². The van der Waals surface area contributed by atoms with Crippen molar-refractivity contribution >= 4 is 23.2 Å². The Morgan fingerprint density at radius 3 is 2.32 bits per heavy atom. The average molecular weight is 362 g/mol. The van der Waals surface area contributed by atoms with Crippen molar-refractivity contribution in [3.8, 4) is 0 Å². The van der Waals surface area contributed by atoms with Crippen molar-refractivity contribution in [3.63, 3.8) is 0 Å². The molecule has 0 saturated carbocycles. The molecule has 1 atom stereocenters. The van der Waals surface area contributed by atoms with Crippen molar-refractivity contribution in [3.05, 3.63) is 22.4 Å². The lowest BCUT2D eigenvalue weighted by Gasteiger charge is -2.37. The smallest absolute Gasteiger partial charge is 0.230 e. The highest BCUT2D eigenvalue weighted by Crippen LogP contribution is 2.25. The first kappa shape index (κ1) is 18.0. The van der Waals surface area contributed by atoms with E-state index in [-0.39, 0.29) is 5.92 Å². The van der Waals surface area contributed by atoms with E-state index in [1.54, 1.807) is 11.3 Å². The quantitative estimate of drug-likeness (QED) is 0.810. The lowest BCUT2D eigenvalue weighted by atomic mass is 10.2. The van der Waals surface area contributed by atoms with E-state index in [2.05, 4.69) is 45.5 Å². The van der Waals surface area contributed by atoms with Gasteiger partial charge in [0.1, 0.15) is 10.8 Å². The van der Waals surface area contributed by atoms with Gasteiger partial charge < -0.3 is 9.80 Å². The zero-order valence-corrected chi connectivity index (χ0v) is 16.5. The summed E-state index contributed by atoms with van der Waals surface area (Å²) in [4.78, 5) is 25.1. The van der Waals surface area contributed by atoms with Crippen LogP contribution in [0.2, 0.25) is 0 Å². The summed E-state index contributed by atoms with van der Waals surface area (Å²) in [7, 11) is 3.94. The van der Waals surface area contributed by atoms with E-state index in [9.17, 15) is 0 Å². The Labute approximate surface area is 153 Å². The Bertz CT molecular complexity index is 652. The molecule has 136 valence electrons. The molecule has 1 saturated heterocycles. The third-order valence-electron chi connectivity index (χ3n) is 4.50. The number of thiazole rings is 1. The lowest BCUT2D eigenvalue weighted by Crippen LogP contribution is -2.47. The maximum absolute atomic E-state index is 4.71. The van der Waals surface area contributed by atoms with Crippen molar-refractivity contribution in [2.45, 2.75) is 32.7 Å². The summed E-state index contributed by atoms with van der Waals surface area (Å²) in [5.74, 6) is 2.66. The van der Waals surface area contributed by atoms with Gasteiger partial charge >= 0.3 is 0 Å². The van der Waals surface area contributed by atoms with Crippen LogP contribution in [0.5, 0.6) is 0 Å². The van der Waals surface area contributed by atoms with Crippen LogP contribution in [0.1, 0.15) is 43.6 Å². The molecule has 0 radical (unpaired) electrons. The molecular formula is C17H27N7S. The molecular weight excluding hydrogens is 334 g/mol. The first-order valence-electron chi connectivity index (χ1n) is 8.77. The van der Waals surface area contributed by atoms with Gasteiger partial charge in [-0.25, -0.2) is 4.98 Å². The van der Waals surface area contributed by atoms with Crippen LogP contribution < -0.4 is 9.80 Å². The monoisotopic (exact) mass is 361 g/mol. The van der Waals surface area contributed by atoms with Crippen LogP contribution in [-0.2, 0) is 0 Å². The number of hydrogen-bond donors (Lipinski definition) is 0. The Balaban J connectivity index is 1.72. The molecule has 0 N–H and O–H groups in total. The Kier molecular flexibility index (Phi) is 5.48. The molecule has 0 aliphatic carbocycles. The molecule has 8 heteroatoms. The predicted molar refractivity (Wildman–Crippen MR) is 103 cm³/mol. The minimum atomic E-state index is 0.284. The summed E-state index contributed by atoms with van der Waals surface area (Å²) in [6.07, 6.45) is 1.88. The molecule has 2 aromatic heterocycles. The highest BCUT2D eigenvalue weighted by molar-refractivity contribution is 7.09. The fourth-order valence-corrected chi connectivity index (χ4v) is 3.60. The lowest BCUT2D eigenvalue weighted by molar-refractivity contribution is 0.197. The minimum absolute atomic E-state index is 0.284. The van der Waals surface area contributed by atoms with E-state index in [0.29, 0.717) is 6.04 Å². The van der Waals surface area contributed by atoms with Crippen LogP contribution in [0.4, 0.5) is 11.9 Å². The number of rotatable bonds is 5. The fraction of sp³-hybridized carbons (Fsp3) is 0.647. The maximum Gasteiger partial charge on any atom is 0.230 e. The summed E-state index contributed by atoms with van der Waals surface area (Å²) in [5.41, 5.74) is 0. The Morgan fingerprint density at radius 2 is 1.76 bits per heavy atom. The first-order chi connectivity index (χ1) is 12.0. The van der Waals surface area contributed by atoms with Gasteiger partial charge in [-0.1, -0.05) is 13.8 Å². The molecule has 1 unspecified atom stereocenters. The van der Waals surface area contributed by atoms with Gasteiger partial charge in [0, 0.05) is 57.8 Å². The van der Waals surface area contributed by atoms with Crippen LogP contribution in [0, 0.1) is 0 Å². The zero-order chi connectivity index (χ0) is 18.0. The van der Waals surface area contributed by atoms with E-state index in [0.717, 1.165) is 43.9 Å². The average Bonchev–Trinajstić information content (AvgIpc) is 3.15. The second kappa shape index (κ2) is 7.61. The second-order valence-corrected chi connectivity index (χ2v) is 7.84. The van der Waals surface area contributed by atoms with Crippen LogP contribution in [-0.4, -0.2) is 65.1 Å². The van der Waals surface area contributed by atoms with Gasteiger partial charge in [0.15, 0.2) is 0 Å². The van der Waals surface area contributed by atoms with Gasteiger partial charge in [-0.2, -0.15) is 15.0 Å². The number of hydrogen-bond acceptors (Lipinski definition) is 8. The standard InChI is InChI=1S/C17H27N7S/c1-12(2)14-19-16(22(4)5)21-17(20-14)24-9-7-23(8-10-24)13(3)15-18-6-11-25-15/h6,11-13H,7-10H2,1-5H3. The fourth-order valence-electron chi connectivity index (χ4n) is 2.88. The molecule has 0 spiro atoms. The third kappa shape index (κ3) is 4.07. The summed E-state index contributed by atoms with van der Waals surface area (Å²) in [6, 6.07) is 0.365. The van der Waals surface area contributed by atoms with Gasteiger partial charge in [0.2, 0.25) is 11.9 Å². The van der Waals surface area contributed by atoms with E-state index in [4.69, 9.17) is 4.98 Å². The molecule has 1 aliphatic rings. The van der Waals surface area contributed by atoms with Crippen molar-refractivity contribution in [1.29, 1.82) is 0 Å². The zero-order valence-electron chi connectivity index (χ0n) is 15.7. The molecule has 2 aromatic rings. The highest BCUT2D eigenvalue weighted by atomic mass is 32.1. The van der Waals surface area contributed by atoms with Crippen LogP contribution in [0.25, 0.3) is 0 Å². The number of nitrogens with zero attached hydrogens (tertiary/aromatic N) is 7. The molecule has 3 rings (SSSR count). The number of anilines is 2. The Hall–Kier alpha value is -1.80. The molecule has 1 aliphatic heterocycles. The summed E-state index contributed by atoms with van der Waals surface area (Å²) in [6.45, 7) is 10.3. The molecule has 0 bridgehead atoms. The van der Waals surface area contributed by atoms with Gasteiger partial charge in [-0.05, 0) is 6.92 Å². The first-order valence-corrected chi connectivity index (χ1v) is 9.65. The van der Waals surface area contributed by atoms with Crippen LogP contribution in [0.15, 0.2) is 11.6 Å². The van der Waals surface area contributed by atoms with Gasteiger partial charge in [0.25, 0.3) is 0 Å². The number of piperazine rings is 1.